The highest BCUT2D eigenvalue weighted by Gasteiger charge is 2.25. The average molecular weight is 387 g/mol. The number of halogens is 1. The maximum Gasteiger partial charge on any atom is 0.224 e. The van der Waals surface area contributed by atoms with E-state index in [1.54, 1.807) is 18.3 Å². The molecule has 8 heteroatoms. The molecule has 0 aromatic carbocycles. The van der Waals surface area contributed by atoms with E-state index in [9.17, 15) is 4.79 Å². The second-order valence-electron chi connectivity index (χ2n) is 5.55. The minimum atomic E-state index is -0.0168. The molecule has 0 unspecified atom stereocenters. The number of nitrogens with zero attached hydrogens (tertiary/aromatic N) is 5. The zero-order valence-corrected chi connectivity index (χ0v) is 14.4. The molecule has 0 bridgehead atoms. The zero-order chi connectivity index (χ0) is 16.9. The fraction of sp³-hybridized carbons (Fsp3) is 0.312. The molecule has 1 aliphatic rings. The minimum absolute atomic E-state index is 0.0168. The molecule has 0 saturated carbocycles. The van der Waals surface area contributed by atoms with Crippen LogP contribution in [0.15, 0.2) is 35.1 Å². The Morgan fingerprint density at radius 3 is 2.92 bits per heavy atom. The lowest BCUT2D eigenvalue weighted by atomic mass is 10.2. The van der Waals surface area contributed by atoms with Gasteiger partial charge in [-0.2, -0.15) is 5.26 Å². The van der Waals surface area contributed by atoms with Gasteiger partial charge in [-0.1, -0.05) is 6.07 Å². The first-order valence-electron chi connectivity index (χ1n) is 7.52. The third kappa shape index (κ3) is 4.06. The smallest absolute Gasteiger partial charge is 0.224 e. The Bertz CT molecular complexity index is 756. The molecule has 0 aliphatic carbocycles. The quantitative estimate of drug-likeness (QED) is 0.798. The predicted octanol–water partition coefficient (Wildman–Crippen LogP) is 1.44. The summed E-state index contributed by atoms with van der Waals surface area (Å²) in [5.41, 5.74) is 1.18. The van der Waals surface area contributed by atoms with Gasteiger partial charge in [0.25, 0.3) is 0 Å². The Morgan fingerprint density at radius 2 is 2.25 bits per heavy atom. The normalized spacial score (nSPS) is 16.7. The summed E-state index contributed by atoms with van der Waals surface area (Å²) in [4.78, 5) is 18.3. The molecule has 1 N–H and O–H groups in total. The van der Waals surface area contributed by atoms with Gasteiger partial charge in [0.1, 0.15) is 10.7 Å². The van der Waals surface area contributed by atoms with Crippen LogP contribution in [0, 0.1) is 11.3 Å². The lowest BCUT2D eigenvalue weighted by molar-refractivity contribution is -0.121. The first-order chi connectivity index (χ1) is 11.6. The molecule has 1 aliphatic heterocycles. The van der Waals surface area contributed by atoms with Crippen LogP contribution in [-0.2, 0) is 11.2 Å². The number of pyridine rings is 1. The number of amides is 1. The van der Waals surface area contributed by atoms with Gasteiger partial charge in [-0.15, -0.1) is 10.2 Å². The van der Waals surface area contributed by atoms with E-state index in [1.807, 2.05) is 18.2 Å². The molecular weight excluding hydrogens is 372 g/mol. The van der Waals surface area contributed by atoms with E-state index in [2.05, 4.69) is 41.3 Å². The second-order valence-corrected chi connectivity index (χ2v) is 6.37. The molecule has 2 aromatic rings. The lowest BCUT2D eigenvalue weighted by Crippen LogP contribution is -2.38. The average Bonchev–Trinajstić information content (AvgIpc) is 3.05. The SMILES string of the molecule is N#Cc1ccc(N2CC[C@H](NC(=O)Cc3ccc(Br)nc3)C2)nn1. The molecule has 24 heavy (non-hydrogen) atoms. The molecule has 2 aromatic heterocycles. The van der Waals surface area contributed by atoms with E-state index >= 15 is 0 Å². The number of nitrogens with one attached hydrogen (secondary N) is 1. The number of rotatable bonds is 4. The number of carbonyl (C=O) groups excluding carboxylic acids is 1. The Morgan fingerprint density at radius 1 is 1.38 bits per heavy atom. The third-order valence-corrected chi connectivity index (χ3v) is 4.26. The van der Waals surface area contributed by atoms with E-state index in [1.165, 1.54) is 0 Å². The van der Waals surface area contributed by atoms with Gasteiger partial charge in [0.15, 0.2) is 11.5 Å². The van der Waals surface area contributed by atoms with Crippen LogP contribution in [0.4, 0.5) is 5.82 Å². The summed E-state index contributed by atoms with van der Waals surface area (Å²) < 4.78 is 0.751. The summed E-state index contributed by atoms with van der Waals surface area (Å²) in [6.07, 6.45) is 2.86. The van der Waals surface area contributed by atoms with Gasteiger partial charge in [-0.25, -0.2) is 4.98 Å². The number of nitriles is 1. The van der Waals surface area contributed by atoms with Gasteiger partial charge >= 0.3 is 0 Å². The van der Waals surface area contributed by atoms with E-state index in [0.29, 0.717) is 18.7 Å². The summed E-state index contributed by atoms with van der Waals surface area (Å²) in [6.45, 7) is 1.48. The largest absolute Gasteiger partial charge is 0.353 e. The zero-order valence-electron chi connectivity index (χ0n) is 12.8. The van der Waals surface area contributed by atoms with Crippen molar-refractivity contribution in [3.05, 3.63) is 46.3 Å². The van der Waals surface area contributed by atoms with Crippen molar-refractivity contribution < 1.29 is 4.79 Å². The van der Waals surface area contributed by atoms with Crippen molar-refractivity contribution in [2.75, 3.05) is 18.0 Å². The molecule has 0 spiro atoms. The number of aromatic nitrogens is 3. The van der Waals surface area contributed by atoms with Gasteiger partial charge in [-0.3, -0.25) is 4.79 Å². The van der Waals surface area contributed by atoms with Crippen LogP contribution in [0.25, 0.3) is 0 Å². The van der Waals surface area contributed by atoms with Crippen molar-refractivity contribution in [3.63, 3.8) is 0 Å². The highest BCUT2D eigenvalue weighted by molar-refractivity contribution is 9.10. The monoisotopic (exact) mass is 386 g/mol. The fourth-order valence-corrected chi connectivity index (χ4v) is 2.85. The Kier molecular flexibility index (Phi) is 5.01. The summed E-state index contributed by atoms with van der Waals surface area (Å²) in [6, 6.07) is 9.16. The van der Waals surface area contributed by atoms with Crippen LogP contribution in [0.5, 0.6) is 0 Å². The van der Waals surface area contributed by atoms with Crippen LogP contribution >= 0.6 is 15.9 Å². The standard InChI is InChI=1S/C16H15BrN6O/c17-14-3-1-11(9-19-14)7-16(24)20-13-5-6-23(10-13)15-4-2-12(8-18)21-22-15/h1-4,9,13H,5-7,10H2,(H,20,24)/t13-/m0/s1. The van der Waals surface area contributed by atoms with Gasteiger partial charge in [-0.05, 0) is 46.1 Å². The highest BCUT2D eigenvalue weighted by Crippen LogP contribution is 2.17. The molecule has 7 nitrogen and oxygen atoms in total. The van der Waals surface area contributed by atoms with Crippen LogP contribution in [0.2, 0.25) is 0 Å². The summed E-state index contributed by atoms with van der Waals surface area (Å²) in [5, 5.41) is 19.7. The first-order valence-corrected chi connectivity index (χ1v) is 8.32. The molecule has 1 fully saturated rings. The summed E-state index contributed by atoms with van der Waals surface area (Å²) >= 11 is 3.27. The number of carbonyl (C=O) groups is 1. The number of anilines is 1. The van der Waals surface area contributed by atoms with Crippen LogP contribution in [0.3, 0.4) is 0 Å². The third-order valence-electron chi connectivity index (χ3n) is 3.80. The summed E-state index contributed by atoms with van der Waals surface area (Å²) in [5.74, 6) is 0.708. The summed E-state index contributed by atoms with van der Waals surface area (Å²) in [7, 11) is 0. The van der Waals surface area contributed by atoms with Crippen molar-refractivity contribution in [1.29, 1.82) is 5.26 Å². The van der Waals surface area contributed by atoms with E-state index in [4.69, 9.17) is 5.26 Å². The molecule has 0 radical (unpaired) electrons. The van der Waals surface area contributed by atoms with E-state index in [-0.39, 0.29) is 11.9 Å². The van der Waals surface area contributed by atoms with Gasteiger partial charge in [0.05, 0.1) is 6.42 Å². The van der Waals surface area contributed by atoms with Crippen molar-refractivity contribution in [2.24, 2.45) is 0 Å². The molecule has 3 rings (SSSR count). The molecule has 1 amide bonds. The van der Waals surface area contributed by atoms with Gasteiger partial charge in [0.2, 0.25) is 5.91 Å². The predicted molar refractivity (Wildman–Crippen MR) is 91.1 cm³/mol. The van der Waals surface area contributed by atoms with Crippen LogP contribution < -0.4 is 10.2 Å². The Labute approximate surface area is 147 Å². The van der Waals surface area contributed by atoms with E-state index in [0.717, 1.165) is 29.0 Å². The highest BCUT2D eigenvalue weighted by atomic mass is 79.9. The molecular formula is C16H15BrN6O. The van der Waals surface area contributed by atoms with Gasteiger partial charge in [0, 0.05) is 25.3 Å². The minimum Gasteiger partial charge on any atom is -0.353 e. The Hall–Kier alpha value is -2.53. The van der Waals surface area contributed by atoms with Crippen molar-refractivity contribution in [1.82, 2.24) is 20.5 Å². The van der Waals surface area contributed by atoms with Crippen molar-refractivity contribution in [2.45, 2.75) is 18.9 Å². The van der Waals surface area contributed by atoms with Crippen LogP contribution in [0.1, 0.15) is 17.7 Å². The van der Waals surface area contributed by atoms with Crippen LogP contribution in [-0.4, -0.2) is 40.2 Å². The van der Waals surface area contributed by atoms with Gasteiger partial charge < -0.3 is 10.2 Å². The molecule has 122 valence electrons. The van der Waals surface area contributed by atoms with Crippen molar-refractivity contribution in [3.8, 4) is 6.07 Å². The number of hydrogen-bond acceptors (Lipinski definition) is 6. The maximum atomic E-state index is 12.1. The number of hydrogen-bond donors (Lipinski definition) is 1. The second kappa shape index (κ2) is 7.36. The molecule has 3 heterocycles. The van der Waals surface area contributed by atoms with E-state index < -0.39 is 0 Å². The Balaban J connectivity index is 1.52. The van der Waals surface area contributed by atoms with Crippen molar-refractivity contribution >= 4 is 27.7 Å². The fourth-order valence-electron chi connectivity index (χ4n) is 2.61. The topological polar surface area (TPSA) is 94.8 Å². The molecule has 1 atom stereocenters. The maximum absolute atomic E-state index is 12.1. The lowest BCUT2D eigenvalue weighted by Gasteiger charge is -2.17. The first kappa shape index (κ1) is 16.3. The molecule has 1 saturated heterocycles.